The summed E-state index contributed by atoms with van der Waals surface area (Å²) < 4.78 is 75.9. The van der Waals surface area contributed by atoms with Gasteiger partial charge in [-0.25, -0.2) is 23.7 Å². The number of nitrogens with zero attached hydrogens (tertiary/aromatic N) is 6. The van der Waals surface area contributed by atoms with Crippen molar-refractivity contribution >= 4 is 34.6 Å². The number of aromatic nitrogens is 4. The molecule has 0 spiro atoms. The second-order valence-electron chi connectivity index (χ2n) is 14.2. The predicted octanol–water partition coefficient (Wildman–Crippen LogP) is 8.98. The van der Waals surface area contributed by atoms with Crippen molar-refractivity contribution in [3.05, 3.63) is 115 Å². The van der Waals surface area contributed by atoms with Gasteiger partial charge in [0.2, 0.25) is 5.95 Å². The van der Waals surface area contributed by atoms with Crippen LogP contribution in [-0.4, -0.2) is 75.7 Å². The topological polar surface area (TPSA) is 99.9 Å². The minimum Gasteiger partial charge on any atom is -0.494 e. The van der Waals surface area contributed by atoms with Crippen LogP contribution in [0.2, 0.25) is 0 Å². The number of para-hydroxylation sites is 1. The summed E-state index contributed by atoms with van der Waals surface area (Å²) in [7, 11) is 1.59. The molecule has 2 N–H and O–H groups in total. The maximum atomic E-state index is 14.3. The number of methoxy groups -OCH3 is 1. The van der Waals surface area contributed by atoms with Gasteiger partial charge in [-0.15, -0.1) is 0 Å². The van der Waals surface area contributed by atoms with Crippen LogP contribution >= 0.6 is 0 Å². The van der Waals surface area contributed by atoms with Crippen LogP contribution in [-0.2, 0) is 0 Å². The van der Waals surface area contributed by atoms with Crippen molar-refractivity contribution < 1.29 is 31.5 Å². The summed E-state index contributed by atoms with van der Waals surface area (Å²) in [4.78, 5) is 31.9. The van der Waals surface area contributed by atoms with Crippen LogP contribution in [0, 0.1) is 17.6 Å². The van der Waals surface area contributed by atoms with Crippen LogP contribution in [0.5, 0.6) is 5.75 Å². The number of piperidine rings is 2. The number of hydrogen-bond donors (Lipinski definition) is 2. The number of likely N-dealkylation sites (tertiary alicyclic amines) is 1. The fraction of sp³-hybridized carbons (Fsp3) is 0.286. The zero-order valence-corrected chi connectivity index (χ0v) is 30.9. The number of halogens is 5. The lowest BCUT2D eigenvalue weighted by atomic mass is 9.93. The molecule has 15 heteroatoms. The van der Waals surface area contributed by atoms with Crippen LogP contribution in [0.1, 0.15) is 36.0 Å². The minimum absolute atomic E-state index is 0.167. The average Bonchev–Trinajstić information content (AvgIpc) is 3.62. The van der Waals surface area contributed by atoms with Crippen molar-refractivity contribution in [2.24, 2.45) is 5.92 Å². The quantitative estimate of drug-likeness (QED) is 0.140. The van der Waals surface area contributed by atoms with E-state index in [1.165, 1.54) is 6.07 Å². The largest absolute Gasteiger partial charge is 0.494 e. The fourth-order valence-electron chi connectivity index (χ4n) is 7.78. The third kappa shape index (κ3) is 7.97. The lowest BCUT2D eigenvalue weighted by Gasteiger charge is -2.42. The summed E-state index contributed by atoms with van der Waals surface area (Å²) in [6.45, 7) is 2.53. The number of imidazole rings is 1. The molecule has 1 amide bonds. The lowest BCUT2D eigenvalue weighted by molar-refractivity contribution is -0.186. The molecule has 57 heavy (non-hydrogen) atoms. The molecule has 5 heterocycles. The first-order valence-corrected chi connectivity index (χ1v) is 18.7. The Morgan fingerprint density at radius 1 is 0.842 bits per heavy atom. The van der Waals surface area contributed by atoms with Crippen molar-refractivity contribution in [2.45, 2.75) is 37.9 Å². The molecule has 0 bridgehead atoms. The Morgan fingerprint density at radius 3 is 2.33 bits per heavy atom. The number of rotatable bonds is 9. The molecule has 2 aliphatic heterocycles. The van der Waals surface area contributed by atoms with Gasteiger partial charge in [0.1, 0.15) is 28.7 Å². The van der Waals surface area contributed by atoms with Gasteiger partial charge in [-0.2, -0.15) is 13.2 Å². The molecule has 8 rings (SSSR count). The first-order valence-electron chi connectivity index (χ1n) is 18.7. The summed E-state index contributed by atoms with van der Waals surface area (Å²) in [6.07, 6.45) is 1.44. The van der Waals surface area contributed by atoms with Crippen molar-refractivity contribution in [3.8, 4) is 28.4 Å². The molecule has 0 atom stereocenters. The van der Waals surface area contributed by atoms with Gasteiger partial charge in [-0.05, 0) is 93.4 Å². The van der Waals surface area contributed by atoms with E-state index in [1.807, 2.05) is 47.0 Å². The Hall–Kier alpha value is -6.09. The van der Waals surface area contributed by atoms with E-state index in [9.17, 15) is 26.7 Å². The smallest absolute Gasteiger partial charge is 0.391 e. The summed E-state index contributed by atoms with van der Waals surface area (Å²) in [5.74, 6) is -2.77. The predicted molar refractivity (Wildman–Crippen MR) is 208 cm³/mol. The highest BCUT2D eigenvalue weighted by Crippen LogP contribution is 2.38. The molecular formula is C42H39F5N8O2. The van der Waals surface area contributed by atoms with Crippen molar-refractivity contribution in [2.75, 3.05) is 48.8 Å². The van der Waals surface area contributed by atoms with E-state index in [4.69, 9.17) is 14.7 Å². The first kappa shape index (κ1) is 37.8. The Balaban J connectivity index is 1.00. The maximum absolute atomic E-state index is 14.3. The number of hydrogen-bond acceptors (Lipinski definition) is 8. The van der Waals surface area contributed by atoms with E-state index >= 15 is 0 Å². The van der Waals surface area contributed by atoms with Gasteiger partial charge in [0, 0.05) is 54.4 Å². The zero-order valence-electron chi connectivity index (χ0n) is 30.9. The number of benzene rings is 3. The number of fused-ring (bicyclic) bond motifs is 1. The van der Waals surface area contributed by atoms with Gasteiger partial charge in [-0.1, -0.05) is 24.3 Å². The van der Waals surface area contributed by atoms with E-state index in [1.54, 1.807) is 43.6 Å². The van der Waals surface area contributed by atoms with E-state index in [-0.39, 0.29) is 24.4 Å². The summed E-state index contributed by atoms with van der Waals surface area (Å²) in [5, 5.41) is 5.63. The number of pyridine rings is 1. The van der Waals surface area contributed by atoms with Gasteiger partial charge in [0.05, 0.1) is 35.8 Å². The normalized spacial score (nSPS) is 15.9. The lowest BCUT2D eigenvalue weighted by Crippen LogP contribution is -2.49. The molecule has 10 nitrogen and oxygen atoms in total. The van der Waals surface area contributed by atoms with Gasteiger partial charge in [-0.3, -0.25) is 9.20 Å². The molecule has 2 fully saturated rings. The number of nitrogens with one attached hydrogen (secondary N) is 2. The monoisotopic (exact) mass is 782 g/mol. The molecule has 294 valence electrons. The standard InChI is InChI=1S/C42H39F5N8O2/c1-57-35-25-30(54-22-16-29(17-23-54)53-20-14-28(15-21-53)42(45,46)47)11-12-33(35)49-41-48-18-13-34(50-41)39-37(51-36-10-2-3-19-55(36)39)26-6-4-7-27(24-26)40(56)52-38-31(43)8-5-9-32(38)44/h2-13,18-19,24-25,28-29H,14-17,20-23H2,1H3,(H,52,56)(H,48,49,50). The molecule has 6 aromatic rings. The molecule has 3 aromatic heterocycles. The third-order valence-corrected chi connectivity index (χ3v) is 10.8. The van der Waals surface area contributed by atoms with Crippen LogP contribution in [0.3, 0.4) is 0 Å². The van der Waals surface area contributed by atoms with Crippen molar-refractivity contribution in [1.29, 1.82) is 0 Å². The van der Waals surface area contributed by atoms with E-state index < -0.39 is 35.3 Å². The van der Waals surface area contributed by atoms with Crippen molar-refractivity contribution in [3.63, 3.8) is 0 Å². The second kappa shape index (κ2) is 15.8. The highest BCUT2D eigenvalue weighted by molar-refractivity contribution is 6.05. The van der Waals surface area contributed by atoms with Crippen molar-refractivity contribution in [1.82, 2.24) is 24.3 Å². The third-order valence-electron chi connectivity index (χ3n) is 10.8. The highest BCUT2D eigenvalue weighted by Gasteiger charge is 2.42. The number of amides is 1. The minimum atomic E-state index is -4.11. The average molecular weight is 783 g/mol. The number of carbonyl (C=O) groups excluding carboxylic acids is 1. The molecule has 2 saturated heterocycles. The van der Waals surface area contributed by atoms with Gasteiger partial charge < -0.3 is 25.2 Å². The van der Waals surface area contributed by atoms with Gasteiger partial charge in [0.25, 0.3) is 5.91 Å². The van der Waals surface area contributed by atoms with Crippen LogP contribution in [0.4, 0.5) is 45.0 Å². The second-order valence-corrected chi connectivity index (χ2v) is 14.2. The first-order chi connectivity index (χ1) is 27.6. The Kier molecular flexibility index (Phi) is 10.5. The van der Waals surface area contributed by atoms with E-state index in [0.29, 0.717) is 58.8 Å². The van der Waals surface area contributed by atoms with E-state index in [0.717, 1.165) is 43.8 Å². The fourth-order valence-corrected chi connectivity index (χ4v) is 7.78. The SMILES string of the molecule is COc1cc(N2CCC(N3CCC(C(F)(F)F)CC3)CC2)ccc1Nc1nccc(-c2c(-c3cccc(C(=O)Nc4c(F)cccc4F)c3)nc3ccccn23)n1. The Labute approximate surface area is 325 Å². The highest BCUT2D eigenvalue weighted by atomic mass is 19.4. The summed E-state index contributed by atoms with van der Waals surface area (Å²) in [6, 6.07) is 23.4. The number of anilines is 4. The van der Waals surface area contributed by atoms with Gasteiger partial charge in [0.15, 0.2) is 0 Å². The number of ether oxygens (including phenoxy) is 1. The summed E-state index contributed by atoms with van der Waals surface area (Å²) in [5.41, 5.74) is 4.16. The zero-order chi connectivity index (χ0) is 39.7. The Bertz CT molecular complexity index is 2380. The molecule has 0 aliphatic carbocycles. The maximum Gasteiger partial charge on any atom is 0.391 e. The van der Waals surface area contributed by atoms with Gasteiger partial charge >= 0.3 is 6.18 Å². The molecule has 0 unspecified atom stereocenters. The van der Waals surface area contributed by atoms with E-state index in [2.05, 4.69) is 25.4 Å². The molecule has 2 aliphatic rings. The number of carbonyl (C=O) groups is 1. The molecular weight excluding hydrogens is 744 g/mol. The van der Waals surface area contributed by atoms with Crippen LogP contribution in [0.15, 0.2) is 97.3 Å². The van der Waals surface area contributed by atoms with Crippen LogP contribution < -0.4 is 20.3 Å². The van der Waals surface area contributed by atoms with Crippen LogP contribution in [0.25, 0.3) is 28.3 Å². The Morgan fingerprint density at radius 2 is 1.60 bits per heavy atom. The molecule has 3 aromatic carbocycles. The number of alkyl halides is 3. The molecule has 0 radical (unpaired) electrons. The summed E-state index contributed by atoms with van der Waals surface area (Å²) >= 11 is 0. The molecule has 0 saturated carbocycles.